The first kappa shape index (κ1) is 14.5. The lowest BCUT2D eigenvalue weighted by molar-refractivity contribution is 0.0953. The summed E-state index contributed by atoms with van der Waals surface area (Å²) in [6.07, 6.45) is 0. The topological polar surface area (TPSA) is 66.4 Å². The van der Waals surface area contributed by atoms with Crippen molar-refractivity contribution in [1.29, 1.82) is 0 Å². The van der Waals surface area contributed by atoms with E-state index >= 15 is 0 Å². The van der Waals surface area contributed by atoms with Gasteiger partial charge in [-0.25, -0.2) is 0 Å². The Morgan fingerprint density at radius 1 is 1.25 bits per heavy atom. The van der Waals surface area contributed by atoms with Gasteiger partial charge in [-0.3, -0.25) is 9.00 Å². The molecule has 0 spiro atoms. The van der Waals surface area contributed by atoms with Gasteiger partial charge in [-0.1, -0.05) is 31.2 Å². The Balaban J connectivity index is 2.13. The summed E-state index contributed by atoms with van der Waals surface area (Å²) < 4.78 is 11.3. The van der Waals surface area contributed by atoms with Gasteiger partial charge >= 0.3 is 0 Å². The number of rotatable bonds is 5. The summed E-state index contributed by atoms with van der Waals surface area (Å²) in [5, 5.41) is 14.4. The van der Waals surface area contributed by atoms with Gasteiger partial charge in [0.15, 0.2) is 0 Å². The molecule has 0 radical (unpaired) electrons. The third-order valence-electron chi connectivity index (χ3n) is 3.05. The summed E-state index contributed by atoms with van der Waals surface area (Å²) in [5.41, 5.74) is 0.242. The lowest BCUT2D eigenvalue weighted by atomic mass is 10.1. The van der Waals surface area contributed by atoms with Crippen LogP contribution in [0.4, 0.5) is 0 Å². The zero-order valence-electron chi connectivity index (χ0n) is 11.3. The number of aromatic hydroxyl groups is 1. The number of carbonyl (C=O) groups excluding carboxylic acids is 1. The summed E-state index contributed by atoms with van der Waals surface area (Å²) in [7, 11) is -0.905. The van der Waals surface area contributed by atoms with Crippen LogP contribution in [0.1, 0.15) is 17.3 Å². The van der Waals surface area contributed by atoms with Crippen LogP contribution in [0.3, 0.4) is 0 Å². The average molecular weight is 291 g/mol. The van der Waals surface area contributed by atoms with Crippen molar-refractivity contribution in [3.05, 3.63) is 42.0 Å². The molecule has 0 saturated heterocycles. The fraction of sp³-hybridized carbons (Fsp3) is 0.267. The highest BCUT2D eigenvalue weighted by atomic mass is 32.2. The zero-order valence-corrected chi connectivity index (χ0v) is 12.1. The highest BCUT2D eigenvalue weighted by Gasteiger charge is 2.12. The van der Waals surface area contributed by atoms with E-state index in [1.54, 1.807) is 12.1 Å². The van der Waals surface area contributed by atoms with E-state index in [4.69, 9.17) is 0 Å². The van der Waals surface area contributed by atoms with Crippen molar-refractivity contribution in [3.8, 4) is 5.75 Å². The summed E-state index contributed by atoms with van der Waals surface area (Å²) >= 11 is 0. The van der Waals surface area contributed by atoms with Crippen molar-refractivity contribution in [2.45, 2.75) is 6.92 Å². The van der Waals surface area contributed by atoms with Crippen molar-refractivity contribution in [2.75, 3.05) is 18.1 Å². The van der Waals surface area contributed by atoms with E-state index in [2.05, 4.69) is 5.32 Å². The minimum Gasteiger partial charge on any atom is -0.507 e. The molecule has 1 atom stereocenters. The molecule has 1 unspecified atom stereocenters. The lowest BCUT2D eigenvalue weighted by Crippen LogP contribution is -2.28. The van der Waals surface area contributed by atoms with E-state index in [0.717, 1.165) is 10.8 Å². The first-order valence-electron chi connectivity index (χ1n) is 6.46. The zero-order chi connectivity index (χ0) is 14.5. The number of hydrogen-bond donors (Lipinski definition) is 2. The van der Waals surface area contributed by atoms with E-state index < -0.39 is 10.8 Å². The van der Waals surface area contributed by atoms with Gasteiger partial charge < -0.3 is 10.4 Å². The Morgan fingerprint density at radius 2 is 1.90 bits per heavy atom. The van der Waals surface area contributed by atoms with Gasteiger partial charge in [0.1, 0.15) is 5.75 Å². The highest BCUT2D eigenvalue weighted by molar-refractivity contribution is 7.84. The Kier molecular flexibility index (Phi) is 4.74. The number of phenolic OH excluding ortho intramolecular Hbond substituents is 1. The molecule has 20 heavy (non-hydrogen) atoms. The van der Waals surface area contributed by atoms with Crippen LogP contribution >= 0.6 is 0 Å². The Bertz CT molecular complexity index is 655. The number of hydrogen-bond acceptors (Lipinski definition) is 3. The van der Waals surface area contributed by atoms with Crippen LogP contribution in [-0.2, 0) is 10.8 Å². The quantitative estimate of drug-likeness (QED) is 0.886. The highest BCUT2D eigenvalue weighted by Crippen LogP contribution is 2.24. The van der Waals surface area contributed by atoms with Crippen LogP contribution in [-0.4, -0.2) is 33.3 Å². The molecule has 2 aromatic carbocycles. The van der Waals surface area contributed by atoms with Crippen molar-refractivity contribution in [2.24, 2.45) is 0 Å². The second-order valence-corrected chi connectivity index (χ2v) is 6.27. The molecule has 0 fully saturated rings. The number of carbonyl (C=O) groups is 1. The molecule has 2 rings (SSSR count). The van der Waals surface area contributed by atoms with Gasteiger partial charge in [0.2, 0.25) is 0 Å². The fourth-order valence-electron chi connectivity index (χ4n) is 1.93. The number of amides is 1. The lowest BCUT2D eigenvalue weighted by Gasteiger charge is -2.08. The summed E-state index contributed by atoms with van der Waals surface area (Å²) in [4.78, 5) is 12.0. The number of benzene rings is 2. The molecule has 0 heterocycles. The first-order chi connectivity index (χ1) is 9.61. The van der Waals surface area contributed by atoms with E-state index in [1.807, 2.05) is 31.2 Å². The van der Waals surface area contributed by atoms with Crippen molar-refractivity contribution in [1.82, 2.24) is 5.32 Å². The molecule has 0 aromatic heterocycles. The van der Waals surface area contributed by atoms with E-state index in [1.165, 1.54) is 0 Å². The van der Waals surface area contributed by atoms with Gasteiger partial charge in [0.25, 0.3) is 5.91 Å². The third-order valence-corrected chi connectivity index (χ3v) is 4.35. The molecular weight excluding hydrogens is 274 g/mol. The van der Waals surface area contributed by atoms with Crippen LogP contribution in [0, 0.1) is 0 Å². The van der Waals surface area contributed by atoms with E-state index in [0.29, 0.717) is 18.1 Å². The van der Waals surface area contributed by atoms with Gasteiger partial charge in [-0.15, -0.1) is 0 Å². The molecule has 0 aliphatic carbocycles. The molecule has 4 nitrogen and oxygen atoms in total. The molecule has 1 amide bonds. The Morgan fingerprint density at radius 3 is 2.55 bits per heavy atom. The fourth-order valence-corrected chi connectivity index (χ4v) is 2.55. The second-order valence-electron chi connectivity index (χ2n) is 4.41. The molecule has 0 saturated carbocycles. The SMILES string of the molecule is CCS(=O)CCNC(=O)c1cc2ccccc2cc1O. The molecule has 2 N–H and O–H groups in total. The summed E-state index contributed by atoms with van der Waals surface area (Å²) in [6, 6.07) is 10.8. The van der Waals surface area contributed by atoms with Crippen LogP contribution in [0.15, 0.2) is 36.4 Å². The van der Waals surface area contributed by atoms with Crippen LogP contribution in [0.25, 0.3) is 10.8 Å². The molecular formula is C15H17NO3S. The van der Waals surface area contributed by atoms with Crippen molar-refractivity contribution < 1.29 is 14.1 Å². The molecule has 0 bridgehead atoms. The van der Waals surface area contributed by atoms with E-state index in [9.17, 15) is 14.1 Å². The number of fused-ring (bicyclic) bond motifs is 1. The van der Waals surface area contributed by atoms with E-state index in [-0.39, 0.29) is 17.2 Å². The van der Waals surface area contributed by atoms with Gasteiger partial charge in [-0.2, -0.15) is 0 Å². The Hall–Kier alpha value is -1.88. The predicted molar refractivity (Wildman–Crippen MR) is 81.5 cm³/mol. The minimum atomic E-state index is -0.905. The predicted octanol–water partition coefficient (Wildman–Crippen LogP) is 2.04. The maximum absolute atomic E-state index is 12.0. The standard InChI is InChI=1S/C15H17NO3S/c1-2-20(19)8-7-16-15(18)13-9-11-5-3-4-6-12(11)10-14(13)17/h3-6,9-10,17H,2,7-8H2,1H3,(H,16,18). The van der Waals surface area contributed by atoms with Crippen molar-refractivity contribution in [3.63, 3.8) is 0 Å². The van der Waals surface area contributed by atoms with Crippen LogP contribution < -0.4 is 5.32 Å². The van der Waals surface area contributed by atoms with Crippen molar-refractivity contribution >= 4 is 27.5 Å². The largest absolute Gasteiger partial charge is 0.507 e. The van der Waals surface area contributed by atoms with Gasteiger partial charge in [0.05, 0.1) is 5.56 Å². The average Bonchev–Trinajstić information content (AvgIpc) is 2.46. The normalized spacial score (nSPS) is 12.2. The summed E-state index contributed by atoms with van der Waals surface area (Å²) in [5.74, 6) is 0.618. The van der Waals surface area contributed by atoms with Crippen LogP contribution in [0.2, 0.25) is 0 Å². The second kappa shape index (κ2) is 6.52. The number of phenols is 1. The van der Waals surface area contributed by atoms with Gasteiger partial charge in [0, 0.05) is 28.9 Å². The first-order valence-corrected chi connectivity index (χ1v) is 7.95. The third kappa shape index (κ3) is 3.36. The monoisotopic (exact) mass is 291 g/mol. The molecule has 0 aliphatic rings. The molecule has 2 aromatic rings. The maximum atomic E-state index is 12.0. The maximum Gasteiger partial charge on any atom is 0.255 e. The molecule has 0 aliphatic heterocycles. The molecule has 106 valence electrons. The van der Waals surface area contributed by atoms with Crippen LogP contribution in [0.5, 0.6) is 5.75 Å². The molecule has 5 heteroatoms. The summed E-state index contributed by atoms with van der Waals surface area (Å²) in [6.45, 7) is 2.18. The smallest absolute Gasteiger partial charge is 0.255 e. The van der Waals surface area contributed by atoms with Gasteiger partial charge in [-0.05, 0) is 22.9 Å². The Labute approximate surface area is 120 Å². The number of nitrogens with one attached hydrogen (secondary N) is 1. The minimum absolute atomic E-state index is 0.0437.